The van der Waals surface area contributed by atoms with Gasteiger partial charge in [-0.05, 0) is 31.9 Å². The predicted molar refractivity (Wildman–Crippen MR) is 72.9 cm³/mol. The SMILES string of the molecule is CC(C)CCCCCCNC(C)c1ccn[nH]1. The summed E-state index contributed by atoms with van der Waals surface area (Å²) in [7, 11) is 0. The fraction of sp³-hybridized carbons (Fsp3) is 0.786. The summed E-state index contributed by atoms with van der Waals surface area (Å²) in [6, 6.07) is 2.41. The second kappa shape index (κ2) is 8.29. The second-order valence-corrected chi connectivity index (χ2v) is 5.28. The Morgan fingerprint density at radius 1 is 1.18 bits per heavy atom. The Morgan fingerprint density at radius 2 is 1.94 bits per heavy atom. The van der Waals surface area contributed by atoms with Gasteiger partial charge in [-0.15, -0.1) is 0 Å². The molecule has 0 aliphatic heterocycles. The van der Waals surface area contributed by atoms with E-state index in [1.54, 1.807) is 6.20 Å². The normalized spacial score (nSPS) is 13.2. The van der Waals surface area contributed by atoms with Crippen LogP contribution >= 0.6 is 0 Å². The molecule has 0 saturated heterocycles. The van der Waals surface area contributed by atoms with Gasteiger partial charge in [0.15, 0.2) is 0 Å². The first-order chi connectivity index (χ1) is 8.20. The summed E-state index contributed by atoms with van der Waals surface area (Å²) in [6.45, 7) is 7.87. The van der Waals surface area contributed by atoms with Gasteiger partial charge in [-0.1, -0.05) is 39.5 Å². The minimum Gasteiger partial charge on any atom is -0.309 e. The smallest absolute Gasteiger partial charge is 0.0518 e. The van der Waals surface area contributed by atoms with Crippen LogP contribution in [0.5, 0.6) is 0 Å². The largest absolute Gasteiger partial charge is 0.309 e. The van der Waals surface area contributed by atoms with Gasteiger partial charge >= 0.3 is 0 Å². The lowest BCUT2D eigenvalue weighted by molar-refractivity contribution is 0.495. The van der Waals surface area contributed by atoms with Gasteiger partial charge < -0.3 is 5.32 Å². The third kappa shape index (κ3) is 6.47. The van der Waals surface area contributed by atoms with E-state index in [1.807, 2.05) is 6.07 Å². The van der Waals surface area contributed by atoms with Crippen LogP contribution in [-0.4, -0.2) is 16.7 Å². The van der Waals surface area contributed by atoms with Crippen LogP contribution in [0.3, 0.4) is 0 Å². The van der Waals surface area contributed by atoms with Crippen LogP contribution in [0.25, 0.3) is 0 Å². The molecule has 1 atom stereocenters. The molecule has 0 aliphatic rings. The third-order valence-electron chi connectivity index (χ3n) is 3.15. The summed E-state index contributed by atoms with van der Waals surface area (Å²) < 4.78 is 0. The maximum atomic E-state index is 3.96. The first-order valence-corrected chi connectivity index (χ1v) is 6.93. The van der Waals surface area contributed by atoms with E-state index >= 15 is 0 Å². The van der Waals surface area contributed by atoms with Crippen molar-refractivity contribution in [3.05, 3.63) is 18.0 Å². The molecule has 0 saturated carbocycles. The standard InChI is InChI=1S/C14H27N3/c1-12(2)8-6-4-5-7-10-15-13(3)14-9-11-16-17-14/h9,11-13,15H,4-8,10H2,1-3H3,(H,16,17). The van der Waals surface area contributed by atoms with Gasteiger partial charge in [0.25, 0.3) is 0 Å². The van der Waals surface area contributed by atoms with Crippen molar-refractivity contribution in [2.75, 3.05) is 6.54 Å². The van der Waals surface area contributed by atoms with E-state index in [0.717, 1.165) is 12.5 Å². The number of aromatic amines is 1. The van der Waals surface area contributed by atoms with Crippen molar-refractivity contribution in [1.82, 2.24) is 15.5 Å². The van der Waals surface area contributed by atoms with Crippen molar-refractivity contribution in [3.63, 3.8) is 0 Å². The lowest BCUT2D eigenvalue weighted by Crippen LogP contribution is -2.20. The number of hydrogen-bond acceptors (Lipinski definition) is 2. The first kappa shape index (κ1) is 14.2. The van der Waals surface area contributed by atoms with E-state index < -0.39 is 0 Å². The number of rotatable bonds is 9. The number of nitrogens with zero attached hydrogens (tertiary/aromatic N) is 1. The Hall–Kier alpha value is -0.830. The predicted octanol–water partition coefficient (Wildman–Crippen LogP) is 3.67. The topological polar surface area (TPSA) is 40.7 Å². The van der Waals surface area contributed by atoms with E-state index in [2.05, 4.69) is 36.3 Å². The molecule has 98 valence electrons. The Morgan fingerprint density at radius 3 is 2.59 bits per heavy atom. The molecule has 2 N–H and O–H groups in total. The fourth-order valence-corrected chi connectivity index (χ4v) is 1.97. The van der Waals surface area contributed by atoms with Crippen LogP contribution in [0.4, 0.5) is 0 Å². The van der Waals surface area contributed by atoms with Gasteiger partial charge in [0, 0.05) is 12.2 Å². The molecular weight excluding hydrogens is 210 g/mol. The molecule has 1 rings (SSSR count). The Balaban J connectivity index is 1.94. The third-order valence-corrected chi connectivity index (χ3v) is 3.15. The zero-order chi connectivity index (χ0) is 12.5. The summed E-state index contributed by atoms with van der Waals surface area (Å²) in [4.78, 5) is 0. The molecule has 0 aromatic carbocycles. The lowest BCUT2D eigenvalue weighted by Gasteiger charge is -2.11. The Bertz CT molecular complexity index is 267. The van der Waals surface area contributed by atoms with Crippen LogP contribution in [0, 0.1) is 5.92 Å². The van der Waals surface area contributed by atoms with E-state index in [0.29, 0.717) is 6.04 Å². The summed E-state index contributed by atoms with van der Waals surface area (Å²) in [5.74, 6) is 0.855. The molecule has 1 unspecified atom stereocenters. The van der Waals surface area contributed by atoms with Crippen molar-refractivity contribution in [2.24, 2.45) is 5.92 Å². The number of unbranched alkanes of at least 4 members (excludes halogenated alkanes) is 3. The molecule has 0 bridgehead atoms. The lowest BCUT2D eigenvalue weighted by atomic mass is 10.0. The summed E-state index contributed by atoms with van der Waals surface area (Å²) in [5.41, 5.74) is 1.17. The van der Waals surface area contributed by atoms with Crippen LogP contribution in [-0.2, 0) is 0 Å². The highest BCUT2D eigenvalue weighted by Crippen LogP contribution is 2.10. The van der Waals surface area contributed by atoms with Gasteiger partial charge in [-0.3, -0.25) is 5.10 Å². The summed E-state index contributed by atoms with van der Waals surface area (Å²) in [5, 5.41) is 10.5. The molecule has 1 aromatic heterocycles. The first-order valence-electron chi connectivity index (χ1n) is 6.93. The highest BCUT2D eigenvalue weighted by molar-refractivity contribution is 5.02. The van der Waals surface area contributed by atoms with Crippen molar-refractivity contribution in [2.45, 2.75) is 58.9 Å². The minimum atomic E-state index is 0.383. The molecule has 0 spiro atoms. The van der Waals surface area contributed by atoms with Crippen LogP contribution < -0.4 is 5.32 Å². The van der Waals surface area contributed by atoms with Crippen LogP contribution in [0.2, 0.25) is 0 Å². The number of aromatic nitrogens is 2. The van der Waals surface area contributed by atoms with Gasteiger partial charge in [0.2, 0.25) is 0 Å². The molecule has 0 amide bonds. The van der Waals surface area contributed by atoms with Crippen molar-refractivity contribution >= 4 is 0 Å². The Kier molecular flexibility index (Phi) is 6.94. The van der Waals surface area contributed by atoms with Crippen molar-refractivity contribution in [1.29, 1.82) is 0 Å². The monoisotopic (exact) mass is 237 g/mol. The average Bonchev–Trinajstić information content (AvgIpc) is 2.80. The maximum Gasteiger partial charge on any atom is 0.0518 e. The average molecular weight is 237 g/mol. The molecule has 0 aliphatic carbocycles. The summed E-state index contributed by atoms with van der Waals surface area (Å²) >= 11 is 0. The van der Waals surface area contributed by atoms with Crippen molar-refractivity contribution < 1.29 is 0 Å². The van der Waals surface area contributed by atoms with Crippen molar-refractivity contribution in [3.8, 4) is 0 Å². The molecule has 0 radical (unpaired) electrons. The zero-order valence-corrected chi connectivity index (χ0v) is 11.5. The maximum absolute atomic E-state index is 3.96. The molecule has 1 heterocycles. The van der Waals surface area contributed by atoms with E-state index in [4.69, 9.17) is 0 Å². The molecule has 3 nitrogen and oxygen atoms in total. The van der Waals surface area contributed by atoms with Gasteiger partial charge in [-0.25, -0.2) is 0 Å². The van der Waals surface area contributed by atoms with E-state index in [9.17, 15) is 0 Å². The number of nitrogens with one attached hydrogen (secondary N) is 2. The Labute approximate surface area is 105 Å². The highest BCUT2D eigenvalue weighted by atomic mass is 15.1. The van der Waals surface area contributed by atoms with E-state index in [1.165, 1.54) is 37.8 Å². The molecule has 1 aromatic rings. The van der Waals surface area contributed by atoms with Gasteiger partial charge in [0.05, 0.1) is 5.69 Å². The summed E-state index contributed by atoms with van der Waals surface area (Å²) in [6.07, 6.45) is 8.55. The molecule has 0 fully saturated rings. The van der Waals surface area contributed by atoms with E-state index in [-0.39, 0.29) is 0 Å². The molecule has 17 heavy (non-hydrogen) atoms. The van der Waals surface area contributed by atoms with Gasteiger partial charge in [-0.2, -0.15) is 5.10 Å². The fourth-order valence-electron chi connectivity index (χ4n) is 1.97. The quantitative estimate of drug-likeness (QED) is 0.643. The van der Waals surface area contributed by atoms with Crippen LogP contribution in [0.1, 0.15) is 64.6 Å². The minimum absolute atomic E-state index is 0.383. The van der Waals surface area contributed by atoms with Crippen LogP contribution in [0.15, 0.2) is 12.3 Å². The zero-order valence-electron chi connectivity index (χ0n) is 11.5. The second-order valence-electron chi connectivity index (χ2n) is 5.28. The highest BCUT2D eigenvalue weighted by Gasteiger charge is 2.04. The number of hydrogen-bond donors (Lipinski definition) is 2. The molecule has 3 heteroatoms. The number of H-pyrrole nitrogens is 1. The molecular formula is C14H27N3. The van der Waals surface area contributed by atoms with Gasteiger partial charge in [0.1, 0.15) is 0 Å².